The zero-order valence-electron chi connectivity index (χ0n) is 14.3. The van der Waals surface area contributed by atoms with Crippen molar-refractivity contribution < 1.29 is 22.9 Å². The Morgan fingerprint density at radius 2 is 1.96 bits per heavy atom. The van der Waals surface area contributed by atoms with Gasteiger partial charge in [-0.2, -0.15) is 0 Å². The van der Waals surface area contributed by atoms with E-state index in [1.165, 1.54) is 17.6 Å². The number of carbonyl (C=O) groups excluding carboxylic acids is 1. The van der Waals surface area contributed by atoms with Crippen molar-refractivity contribution in [2.24, 2.45) is 0 Å². The van der Waals surface area contributed by atoms with Crippen molar-refractivity contribution in [1.82, 2.24) is 10.1 Å². The van der Waals surface area contributed by atoms with Gasteiger partial charge >= 0.3 is 5.97 Å². The molecule has 4 heterocycles. The molecule has 0 aliphatic rings. The van der Waals surface area contributed by atoms with Crippen LogP contribution < -0.4 is 0 Å². The Kier molecular flexibility index (Phi) is 4.02. The van der Waals surface area contributed by atoms with Crippen molar-refractivity contribution in [3.63, 3.8) is 0 Å². The van der Waals surface area contributed by atoms with Crippen LogP contribution in [0.4, 0.5) is 0 Å². The third-order valence-corrected chi connectivity index (χ3v) is 5.04. The molecule has 0 amide bonds. The molecular formula is C20H12N2O5S. The lowest BCUT2D eigenvalue weighted by Gasteiger charge is -1.98. The first-order valence-corrected chi connectivity index (χ1v) is 9.20. The quantitative estimate of drug-likeness (QED) is 0.381. The number of para-hydroxylation sites is 1. The van der Waals surface area contributed by atoms with E-state index in [1.807, 2.05) is 24.3 Å². The maximum atomic E-state index is 12.3. The molecule has 0 radical (unpaired) electrons. The van der Waals surface area contributed by atoms with E-state index in [2.05, 4.69) is 10.1 Å². The molecule has 0 saturated carbocycles. The largest absolute Gasteiger partial charge is 0.461 e. The van der Waals surface area contributed by atoms with Gasteiger partial charge in [0.2, 0.25) is 11.5 Å². The van der Waals surface area contributed by atoms with Crippen LogP contribution in [0.5, 0.6) is 0 Å². The summed E-state index contributed by atoms with van der Waals surface area (Å²) < 4.78 is 22.3. The molecule has 0 aliphatic heterocycles. The summed E-state index contributed by atoms with van der Waals surface area (Å²) in [5.41, 5.74) is 1.36. The van der Waals surface area contributed by atoms with E-state index in [-0.39, 0.29) is 12.4 Å². The molecule has 5 aromatic rings. The number of nitrogens with zero attached hydrogens (tertiary/aromatic N) is 2. The molecule has 4 aromatic heterocycles. The monoisotopic (exact) mass is 392 g/mol. The van der Waals surface area contributed by atoms with Gasteiger partial charge in [0.15, 0.2) is 16.5 Å². The van der Waals surface area contributed by atoms with E-state index in [4.69, 9.17) is 18.1 Å². The fourth-order valence-corrected chi connectivity index (χ4v) is 3.59. The van der Waals surface area contributed by atoms with Gasteiger partial charge in [-0.25, -0.2) is 9.78 Å². The van der Waals surface area contributed by atoms with Crippen LogP contribution in [0, 0.1) is 0 Å². The van der Waals surface area contributed by atoms with Crippen molar-refractivity contribution in [2.75, 3.05) is 0 Å². The van der Waals surface area contributed by atoms with E-state index < -0.39 is 5.97 Å². The van der Waals surface area contributed by atoms with Crippen LogP contribution in [0.15, 0.2) is 74.2 Å². The number of rotatable bonds is 5. The maximum Gasteiger partial charge on any atom is 0.374 e. The number of thiazole rings is 1. The molecular weight excluding hydrogens is 380 g/mol. The van der Waals surface area contributed by atoms with Crippen LogP contribution in [0.3, 0.4) is 0 Å². The van der Waals surface area contributed by atoms with Crippen molar-refractivity contribution >= 4 is 27.5 Å². The molecule has 8 heteroatoms. The van der Waals surface area contributed by atoms with Gasteiger partial charge in [0, 0.05) is 6.07 Å². The van der Waals surface area contributed by atoms with E-state index in [0.29, 0.717) is 28.0 Å². The Balaban J connectivity index is 1.27. The molecule has 0 atom stereocenters. The first kappa shape index (κ1) is 16.5. The van der Waals surface area contributed by atoms with Gasteiger partial charge in [-0.1, -0.05) is 17.3 Å². The Morgan fingerprint density at radius 3 is 2.82 bits per heavy atom. The minimum atomic E-state index is -0.588. The lowest BCUT2D eigenvalue weighted by atomic mass is 10.3. The van der Waals surface area contributed by atoms with Crippen LogP contribution in [0.25, 0.3) is 32.5 Å². The summed E-state index contributed by atoms with van der Waals surface area (Å²) in [5.74, 6) is 1.05. The molecule has 7 nitrogen and oxygen atoms in total. The number of esters is 1. The normalized spacial score (nSPS) is 11.1. The Hall–Kier alpha value is -3.65. The molecule has 0 unspecified atom stereocenters. The highest BCUT2D eigenvalue weighted by Gasteiger charge is 2.17. The van der Waals surface area contributed by atoms with Crippen molar-refractivity contribution in [3.8, 4) is 22.3 Å². The molecule has 138 valence electrons. The lowest BCUT2D eigenvalue weighted by Crippen LogP contribution is -2.04. The lowest BCUT2D eigenvalue weighted by molar-refractivity contribution is 0.0429. The van der Waals surface area contributed by atoms with Gasteiger partial charge in [0.1, 0.15) is 12.3 Å². The number of furan rings is 2. The molecule has 5 rings (SSSR count). The molecule has 0 N–H and O–H groups in total. The predicted octanol–water partition coefficient (Wildman–Crippen LogP) is 5.16. The van der Waals surface area contributed by atoms with Crippen LogP contribution in [-0.4, -0.2) is 16.1 Å². The molecule has 0 fully saturated rings. The zero-order chi connectivity index (χ0) is 18.9. The second-order valence-electron chi connectivity index (χ2n) is 5.89. The highest BCUT2D eigenvalue weighted by molar-refractivity contribution is 7.21. The van der Waals surface area contributed by atoms with Gasteiger partial charge < -0.3 is 18.1 Å². The first-order valence-electron chi connectivity index (χ1n) is 8.39. The first-order chi connectivity index (χ1) is 13.8. The summed E-state index contributed by atoms with van der Waals surface area (Å²) in [6, 6.07) is 16.2. The van der Waals surface area contributed by atoms with Crippen LogP contribution in [0.1, 0.15) is 16.2 Å². The number of aromatic nitrogens is 2. The highest BCUT2D eigenvalue weighted by atomic mass is 32.1. The second-order valence-corrected chi connectivity index (χ2v) is 6.92. The third kappa shape index (κ3) is 3.10. The van der Waals surface area contributed by atoms with Gasteiger partial charge in [0.05, 0.1) is 16.5 Å². The van der Waals surface area contributed by atoms with Gasteiger partial charge in [0.25, 0.3) is 0 Å². The average molecular weight is 392 g/mol. The number of benzene rings is 1. The zero-order valence-corrected chi connectivity index (χ0v) is 15.1. The Morgan fingerprint density at radius 1 is 1.04 bits per heavy atom. The number of fused-ring (bicyclic) bond motifs is 1. The average Bonchev–Trinajstić information content (AvgIpc) is 3.51. The van der Waals surface area contributed by atoms with Crippen molar-refractivity contribution in [1.29, 1.82) is 0 Å². The molecule has 1 aromatic carbocycles. The van der Waals surface area contributed by atoms with Crippen LogP contribution >= 0.6 is 11.3 Å². The Bertz CT molecular complexity index is 1220. The molecule has 0 saturated heterocycles. The SMILES string of the molecule is O=C(OCc1cc(-c2ccco2)on1)c1ccc(-c2nc3ccccc3s2)o1. The fraction of sp³-hybridized carbons (Fsp3) is 0.0500. The molecule has 0 aliphatic carbocycles. The van der Waals surface area contributed by atoms with Gasteiger partial charge in [-0.05, 0) is 36.4 Å². The number of ether oxygens (including phenoxy) is 1. The third-order valence-electron chi connectivity index (χ3n) is 3.99. The summed E-state index contributed by atoms with van der Waals surface area (Å²) in [5, 5.41) is 4.57. The van der Waals surface area contributed by atoms with Crippen LogP contribution in [-0.2, 0) is 11.3 Å². The second kappa shape index (κ2) is 6.82. The van der Waals surface area contributed by atoms with E-state index >= 15 is 0 Å². The summed E-state index contributed by atoms with van der Waals surface area (Å²) >= 11 is 1.50. The minimum absolute atomic E-state index is 0.0415. The summed E-state index contributed by atoms with van der Waals surface area (Å²) in [6.07, 6.45) is 1.54. The molecule has 28 heavy (non-hydrogen) atoms. The van der Waals surface area contributed by atoms with E-state index in [9.17, 15) is 4.79 Å². The van der Waals surface area contributed by atoms with E-state index in [1.54, 1.807) is 30.3 Å². The molecule has 0 spiro atoms. The smallest absolute Gasteiger partial charge is 0.374 e. The number of hydrogen-bond acceptors (Lipinski definition) is 8. The summed E-state index contributed by atoms with van der Waals surface area (Å²) in [4.78, 5) is 16.8. The maximum absolute atomic E-state index is 12.3. The highest BCUT2D eigenvalue weighted by Crippen LogP contribution is 2.31. The number of hydrogen-bond donors (Lipinski definition) is 0. The van der Waals surface area contributed by atoms with Crippen molar-refractivity contribution in [2.45, 2.75) is 6.61 Å². The molecule has 0 bridgehead atoms. The van der Waals surface area contributed by atoms with Gasteiger partial charge in [-0.3, -0.25) is 0 Å². The van der Waals surface area contributed by atoms with Crippen LogP contribution in [0.2, 0.25) is 0 Å². The topological polar surface area (TPSA) is 91.5 Å². The predicted molar refractivity (Wildman–Crippen MR) is 101 cm³/mol. The standard InChI is InChI=1S/C20H12N2O5S/c23-20(25-11-12-10-17(27-22-12)14-5-3-9-24-14)16-8-7-15(26-16)19-21-13-4-1-2-6-18(13)28-19/h1-10H,11H2. The van der Waals surface area contributed by atoms with E-state index in [0.717, 1.165) is 10.2 Å². The summed E-state index contributed by atoms with van der Waals surface area (Å²) in [7, 11) is 0. The fourth-order valence-electron chi connectivity index (χ4n) is 2.67. The van der Waals surface area contributed by atoms with Gasteiger partial charge in [-0.15, -0.1) is 11.3 Å². The number of carbonyl (C=O) groups is 1. The Labute approximate surface area is 162 Å². The van der Waals surface area contributed by atoms with Crippen molar-refractivity contribution in [3.05, 3.63) is 72.3 Å². The minimum Gasteiger partial charge on any atom is -0.461 e. The summed E-state index contributed by atoms with van der Waals surface area (Å²) in [6.45, 7) is -0.0415.